The second-order valence-corrected chi connectivity index (χ2v) is 4.44. The number of rotatable bonds is 3. The molecule has 98 valence electrons. The van der Waals surface area contributed by atoms with Crippen molar-refractivity contribution < 1.29 is 18.7 Å². The third-order valence-corrected chi connectivity index (χ3v) is 3.30. The summed E-state index contributed by atoms with van der Waals surface area (Å²) in [6.07, 6.45) is 1.26. The Hall–Kier alpha value is -1.49. The molecule has 1 saturated heterocycles. The predicted octanol–water partition coefficient (Wildman–Crippen LogP) is 1.49. The molecule has 1 fully saturated rings. The molecule has 3 nitrogen and oxygen atoms in total. The Balaban J connectivity index is 2.12. The van der Waals surface area contributed by atoms with Crippen molar-refractivity contribution in [1.82, 2.24) is 4.90 Å². The van der Waals surface area contributed by atoms with E-state index in [0.29, 0.717) is 6.54 Å². The number of carbonyl (C=O) groups excluding carboxylic acids is 1. The summed E-state index contributed by atoms with van der Waals surface area (Å²) in [5, 5.41) is 9.12. The number of carbonyl (C=O) groups is 1. The molecule has 1 atom stereocenters. The number of hydrogen-bond donors (Lipinski definition) is 1. The SMILES string of the molecule is O=C(Cc1c(F)cccc1F)N1CCCC1CO. The van der Waals surface area contributed by atoms with Gasteiger partial charge in [-0.05, 0) is 25.0 Å². The number of benzene rings is 1. The summed E-state index contributed by atoms with van der Waals surface area (Å²) in [6, 6.07) is 3.33. The molecule has 0 bridgehead atoms. The molecule has 0 spiro atoms. The van der Waals surface area contributed by atoms with Crippen LogP contribution in [0.3, 0.4) is 0 Å². The monoisotopic (exact) mass is 255 g/mol. The highest BCUT2D eigenvalue weighted by Gasteiger charge is 2.28. The Morgan fingerprint density at radius 3 is 2.67 bits per heavy atom. The van der Waals surface area contributed by atoms with E-state index < -0.39 is 11.6 Å². The van der Waals surface area contributed by atoms with Crippen LogP contribution in [0.1, 0.15) is 18.4 Å². The quantitative estimate of drug-likeness (QED) is 0.889. The van der Waals surface area contributed by atoms with Crippen LogP contribution in [0.4, 0.5) is 8.78 Å². The normalized spacial score (nSPS) is 19.3. The van der Waals surface area contributed by atoms with Crippen LogP contribution in [0.25, 0.3) is 0 Å². The van der Waals surface area contributed by atoms with E-state index in [1.807, 2.05) is 0 Å². The molecule has 1 aromatic carbocycles. The van der Waals surface area contributed by atoms with Gasteiger partial charge in [-0.25, -0.2) is 8.78 Å². The van der Waals surface area contributed by atoms with Crippen LogP contribution in [0.5, 0.6) is 0 Å². The summed E-state index contributed by atoms with van der Waals surface area (Å²) >= 11 is 0. The van der Waals surface area contributed by atoms with E-state index in [9.17, 15) is 13.6 Å². The zero-order valence-corrected chi connectivity index (χ0v) is 9.90. The van der Waals surface area contributed by atoms with E-state index in [4.69, 9.17) is 5.11 Å². The minimum atomic E-state index is -0.705. The molecule has 0 radical (unpaired) electrons. The average molecular weight is 255 g/mol. The van der Waals surface area contributed by atoms with E-state index in [2.05, 4.69) is 0 Å². The maximum atomic E-state index is 13.4. The summed E-state index contributed by atoms with van der Waals surface area (Å²) in [6.45, 7) is 0.436. The summed E-state index contributed by atoms with van der Waals surface area (Å²) in [4.78, 5) is 13.5. The van der Waals surface area contributed by atoms with Gasteiger partial charge in [0.1, 0.15) is 11.6 Å². The second-order valence-electron chi connectivity index (χ2n) is 4.44. The van der Waals surface area contributed by atoms with E-state index >= 15 is 0 Å². The second kappa shape index (κ2) is 5.44. The molecule has 0 aliphatic carbocycles. The van der Waals surface area contributed by atoms with Gasteiger partial charge < -0.3 is 10.0 Å². The predicted molar refractivity (Wildman–Crippen MR) is 61.9 cm³/mol. The zero-order chi connectivity index (χ0) is 13.1. The Morgan fingerprint density at radius 2 is 2.06 bits per heavy atom. The van der Waals surface area contributed by atoms with Crippen LogP contribution in [-0.4, -0.2) is 35.1 Å². The van der Waals surface area contributed by atoms with Gasteiger partial charge in [0.05, 0.1) is 19.1 Å². The molecule has 1 aliphatic rings. The number of amides is 1. The van der Waals surface area contributed by atoms with E-state index in [1.165, 1.54) is 11.0 Å². The Kier molecular flexibility index (Phi) is 3.91. The minimum Gasteiger partial charge on any atom is -0.394 e. The van der Waals surface area contributed by atoms with Crippen molar-refractivity contribution in [2.24, 2.45) is 0 Å². The van der Waals surface area contributed by atoms with Crippen molar-refractivity contribution in [3.63, 3.8) is 0 Å². The minimum absolute atomic E-state index is 0.106. The lowest BCUT2D eigenvalue weighted by molar-refractivity contribution is -0.132. The molecular formula is C13H15F2NO2. The van der Waals surface area contributed by atoms with E-state index in [-0.39, 0.29) is 30.5 Å². The van der Waals surface area contributed by atoms with Crippen molar-refractivity contribution >= 4 is 5.91 Å². The summed E-state index contributed by atoms with van der Waals surface area (Å²) in [7, 11) is 0. The van der Waals surface area contributed by atoms with Gasteiger partial charge in [0.15, 0.2) is 0 Å². The van der Waals surface area contributed by atoms with Gasteiger partial charge in [-0.1, -0.05) is 6.07 Å². The van der Waals surface area contributed by atoms with E-state index in [0.717, 1.165) is 25.0 Å². The molecule has 1 N–H and O–H groups in total. The molecule has 5 heteroatoms. The van der Waals surface area contributed by atoms with Gasteiger partial charge >= 0.3 is 0 Å². The Bertz CT molecular complexity index is 430. The first-order valence-corrected chi connectivity index (χ1v) is 5.96. The molecular weight excluding hydrogens is 240 g/mol. The molecule has 18 heavy (non-hydrogen) atoms. The third kappa shape index (κ3) is 2.51. The van der Waals surface area contributed by atoms with Crippen molar-refractivity contribution in [1.29, 1.82) is 0 Å². The van der Waals surface area contributed by atoms with Gasteiger partial charge in [0.25, 0.3) is 0 Å². The van der Waals surface area contributed by atoms with Crippen molar-refractivity contribution in [3.05, 3.63) is 35.4 Å². The maximum Gasteiger partial charge on any atom is 0.227 e. The molecule has 1 aliphatic heterocycles. The summed E-state index contributed by atoms with van der Waals surface area (Å²) in [5.74, 6) is -1.75. The molecule has 2 rings (SSSR count). The number of halogens is 2. The van der Waals surface area contributed by atoms with Crippen molar-refractivity contribution in [3.8, 4) is 0 Å². The van der Waals surface area contributed by atoms with Crippen LogP contribution in [0, 0.1) is 11.6 Å². The topological polar surface area (TPSA) is 40.5 Å². The first kappa shape index (κ1) is 13.0. The van der Waals surface area contributed by atoms with Gasteiger partial charge in [-0.15, -0.1) is 0 Å². The van der Waals surface area contributed by atoms with Crippen LogP contribution >= 0.6 is 0 Å². The van der Waals surface area contributed by atoms with Crippen LogP contribution in [-0.2, 0) is 11.2 Å². The fourth-order valence-electron chi connectivity index (χ4n) is 2.31. The van der Waals surface area contributed by atoms with Crippen molar-refractivity contribution in [2.45, 2.75) is 25.3 Å². The number of aliphatic hydroxyl groups excluding tert-OH is 1. The zero-order valence-electron chi connectivity index (χ0n) is 9.90. The first-order chi connectivity index (χ1) is 8.63. The number of nitrogens with zero attached hydrogens (tertiary/aromatic N) is 1. The molecule has 1 aromatic rings. The number of hydrogen-bond acceptors (Lipinski definition) is 2. The third-order valence-electron chi connectivity index (χ3n) is 3.30. The summed E-state index contributed by atoms with van der Waals surface area (Å²) < 4.78 is 26.8. The van der Waals surface area contributed by atoms with Gasteiger partial charge in [-0.2, -0.15) is 0 Å². The fraction of sp³-hybridized carbons (Fsp3) is 0.462. The Labute approximate surface area is 104 Å². The van der Waals surface area contributed by atoms with E-state index in [1.54, 1.807) is 0 Å². The Morgan fingerprint density at radius 1 is 1.39 bits per heavy atom. The van der Waals surface area contributed by atoms with Gasteiger partial charge in [-0.3, -0.25) is 4.79 Å². The standard InChI is InChI=1S/C13H15F2NO2/c14-11-4-1-5-12(15)10(11)7-13(18)16-6-2-3-9(16)8-17/h1,4-5,9,17H,2-3,6-8H2. The molecule has 1 amide bonds. The molecule has 1 heterocycles. The highest BCUT2D eigenvalue weighted by Crippen LogP contribution is 2.20. The maximum absolute atomic E-state index is 13.4. The van der Waals surface area contributed by atoms with Crippen LogP contribution < -0.4 is 0 Å². The lowest BCUT2D eigenvalue weighted by Crippen LogP contribution is -2.38. The van der Waals surface area contributed by atoms with Crippen LogP contribution in [0.2, 0.25) is 0 Å². The molecule has 0 aromatic heterocycles. The highest BCUT2D eigenvalue weighted by molar-refractivity contribution is 5.79. The van der Waals surface area contributed by atoms with Gasteiger partial charge in [0.2, 0.25) is 5.91 Å². The molecule has 0 saturated carbocycles. The van der Waals surface area contributed by atoms with Crippen molar-refractivity contribution in [2.75, 3.05) is 13.2 Å². The smallest absolute Gasteiger partial charge is 0.227 e. The number of aliphatic hydroxyl groups is 1. The molecule has 1 unspecified atom stereocenters. The first-order valence-electron chi connectivity index (χ1n) is 5.96. The average Bonchev–Trinajstić information content (AvgIpc) is 2.82. The number of likely N-dealkylation sites (tertiary alicyclic amines) is 1. The lowest BCUT2D eigenvalue weighted by atomic mass is 10.1. The highest BCUT2D eigenvalue weighted by atomic mass is 19.1. The largest absolute Gasteiger partial charge is 0.394 e. The fourth-order valence-corrected chi connectivity index (χ4v) is 2.31. The van der Waals surface area contributed by atoms with Gasteiger partial charge in [0, 0.05) is 12.1 Å². The van der Waals surface area contributed by atoms with Crippen LogP contribution in [0.15, 0.2) is 18.2 Å². The lowest BCUT2D eigenvalue weighted by Gasteiger charge is -2.23. The summed E-state index contributed by atoms with van der Waals surface area (Å²) in [5.41, 5.74) is -0.203.